The largest absolute Gasteiger partial charge is 0.460 e. The van der Waals surface area contributed by atoms with Crippen molar-refractivity contribution in [2.75, 3.05) is 0 Å². The van der Waals surface area contributed by atoms with Crippen LogP contribution in [0.2, 0.25) is 0 Å². The molecule has 0 aliphatic carbocycles. The fourth-order valence-electron chi connectivity index (χ4n) is 1.31. The number of fused-ring (bicyclic) bond motifs is 3. The molecule has 0 atom stereocenters. The van der Waals surface area contributed by atoms with Gasteiger partial charge in [0.25, 0.3) is 5.52 Å². The summed E-state index contributed by atoms with van der Waals surface area (Å²) in [7, 11) is 0. The fraction of sp³-hybridized carbons (Fsp3) is 0. The molecule has 2 heterocycles. The molecule has 0 saturated heterocycles. The van der Waals surface area contributed by atoms with Gasteiger partial charge in [-0.3, -0.25) is 0 Å². The van der Waals surface area contributed by atoms with Gasteiger partial charge in [0.05, 0.1) is 0 Å². The topological polar surface area (TPSA) is 103 Å². The first-order valence-electron chi connectivity index (χ1n) is 3.65. The summed E-state index contributed by atoms with van der Waals surface area (Å²) < 4.78 is 8.82. The standard InChI is InChI=1S/C6H2N4O4/c11-9-5-3(7-13-9)1-2-4-6(5)10(12)14-8-4/h1-2H. The van der Waals surface area contributed by atoms with Crippen LogP contribution in [0, 0.1) is 10.1 Å². The van der Waals surface area contributed by atoms with Crippen molar-refractivity contribution in [1.82, 2.24) is 15.2 Å². The van der Waals surface area contributed by atoms with Gasteiger partial charge in [-0.05, 0) is 15.6 Å². The highest BCUT2D eigenvalue weighted by Gasteiger charge is 2.19. The third-order valence-corrected chi connectivity index (χ3v) is 1.90. The molecular formula is C6H2N4O4. The van der Waals surface area contributed by atoms with Crippen LogP contribution in [0.1, 0.15) is 0 Å². The summed E-state index contributed by atoms with van der Waals surface area (Å²) in [5.74, 6) is 0. The predicted octanol–water partition coefficient (Wildman–Crippen LogP) is 0.0309. The quantitative estimate of drug-likeness (QED) is 0.500. The zero-order valence-electron chi connectivity index (χ0n) is 6.58. The second kappa shape index (κ2) is 2.10. The van der Waals surface area contributed by atoms with Gasteiger partial charge in [0.15, 0.2) is 15.3 Å². The Kier molecular flexibility index (Phi) is 1.06. The van der Waals surface area contributed by atoms with Crippen molar-refractivity contribution in [3.63, 3.8) is 0 Å². The molecule has 0 saturated carbocycles. The van der Waals surface area contributed by atoms with Crippen molar-refractivity contribution in [2.24, 2.45) is 0 Å². The van der Waals surface area contributed by atoms with E-state index in [4.69, 9.17) is 0 Å². The summed E-state index contributed by atoms with van der Waals surface area (Å²) >= 11 is 0. The summed E-state index contributed by atoms with van der Waals surface area (Å²) in [5.41, 5.74) is 0.582. The summed E-state index contributed by atoms with van der Waals surface area (Å²) in [6.07, 6.45) is 0. The van der Waals surface area contributed by atoms with E-state index in [1.165, 1.54) is 12.1 Å². The molecule has 3 aromatic rings. The van der Waals surface area contributed by atoms with Gasteiger partial charge in [-0.1, -0.05) is 0 Å². The zero-order chi connectivity index (χ0) is 9.71. The van der Waals surface area contributed by atoms with Crippen molar-refractivity contribution in [3.05, 3.63) is 22.2 Å². The Balaban J connectivity index is 2.77. The van der Waals surface area contributed by atoms with Crippen LogP contribution in [0.4, 0.5) is 0 Å². The van der Waals surface area contributed by atoms with E-state index >= 15 is 0 Å². The average Bonchev–Trinajstić information content (AvgIpc) is 2.72. The minimum Gasteiger partial charge on any atom is -0.460 e. The molecule has 0 amide bonds. The van der Waals surface area contributed by atoms with Crippen LogP contribution in [-0.2, 0) is 0 Å². The molecule has 0 bridgehead atoms. The SMILES string of the molecule is O=[n+]1onc2ccc3non([O-])c3c21. The maximum absolute atomic E-state index is 11.1. The van der Waals surface area contributed by atoms with Crippen LogP contribution in [-0.4, -0.2) is 15.2 Å². The molecule has 3 rings (SSSR count). The maximum Gasteiger partial charge on any atom is 0.306 e. The van der Waals surface area contributed by atoms with E-state index in [-0.39, 0.29) is 31.6 Å². The average molecular weight is 194 g/mol. The highest BCUT2D eigenvalue weighted by molar-refractivity contribution is 5.97. The van der Waals surface area contributed by atoms with Gasteiger partial charge >= 0.3 is 5.52 Å². The summed E-state index contributed by atoms with van der Waals surface area (Å²) in [5, 5.41) is 18.0. The number of rotatable bonds is 0. The monoisotopic (exact) mass is 194 g/mol. The Morgan fingerprint density at radius 1 is 1.36 bits per heavy atom. The Morgan fingerprint density at radius 3 is 3.00 bits per heavy atom. The van der Waals surface area contributed by atoms with Crippen LogP contribution in [0.25, 0.3) is 22.1 Å². The second-order valence-electron chi connectivity index (χ2n) is 2.66. The summed E-state index contributed by atoms with van der Waals surface area (Å²) in [6.45, 7) is 0. The number of benzene rings is 1. The highest BCUT2D eigenvalue weighted by Crippen LogP contribution is 2.19. The number of nitrogens with zero attached hydrogens (tertiary/aromatic N) is 4. The minimum atomic E-state index is 0.0127. The number of hydrogen-bond donors (Lipinski definition) is 0. The molecule has 0 N–H and O–H groups in total. The first-order valence-corrected chi connectivity index (χ1v) is 3.65. The van der Waals surface area contributed by atoms with Gasteiger partial charge in [0.1, 0.15) is 5.52 Å². The molecule has 0 aliphatic rings. The van der Waals surface area contributed by atoms with Crippen molar-refractivity contribution < 1.29 is 13.9 Å². The third kappa shape index (κ3) is 0.672. The van der Waals surface area contributed by atoms with Crippen LogP contribution in [0.5, 0.6) is 0 Å². The van der Waals surface area contributed by atoms with Crippen molar-refractivity contribution in [3.8, 4) is 0 Å². The molecule has 0 fully saturated rings. The molecule has 0 aliphatic heterocycles. The second-order valence-corrected chi connectivity index (χ2v) is 2.66. The Labute approximate surface area is 74.4 Å². The Bertz CT molecular complexity index is 678. The first-order chi connectivity index (χ1) is 6.77. The van der Waals surface area contributed by atoms with Gasteiger partial charge in [0.2, 0.25) is 0 Å². The molecule has 0 radical (unpaired) electrons. The highest BCUT2D eigenvalue weighted by atomic mass is 16.8. The van der Waals surface area contributed by atoms with E-state index in [0.29, 0.717) is 0 Å². The zero-order valence-corrected chi connectivity index (χ0v) is 6.58. The lowest BCUT2D eigenvalue weighted by atomic mass is 10.3. The lowest BCUT2D eigenvalue weighted by Crippen LogP contribution is -2.09. The van der Waals surface area contributed by atoms with Crippen LogP contribution < -0.4 is 4.60 Å². The lowest BCUT2D eigenvalue weighted by Gasteiger charge is -1.93. The van der Waals surface area contributed by atoms with E-state index in [0.717, 1.165) is 0 Å². The molecule has 0 spiro atoms. The molecular weight excluding hydrogens is 192 g/mol. The van der Waals surface area contributed by atoms with Crippen molar-refractivity contribution in [2.45, 2.75) is 0 Å². The molecule has 1 aromatic carbocycles. The normalized spacial score (nSPS) is 11.4. The molecule has 70 valence electrons. The van der Waals surface area contributed by atoms with Gasteiger partial charge in [-0.15, -0.1) is 0 Å². The smallest absolute Gasteiger partial charge is 0.306 e. The van der Waals surface area contributed by atoms with Gasteiger partial charge < -0.3 is 9.84 Å². The Morgan fingerprint density at radius 2 is 2.14 bits per heavy atom. The van der Waals surface area contributed by atoms with Crippen molar-refractivity contribution >= 4 is 22.1 Å². The molecule has 8 heteroatoms. The minimum absolute atomic E-state index is 0.0127. The van der Waals surface area contributed by atoms with E-state index in [2.05, 4.69) is 19.6 Å². The summed E-state index contributed by atoms with van der Waals surface area (Å²) in [4.78, 5) is 11.3. The predicted molar refractivity (Wildman–Crippen MR) is 41.7 cm³/mol. The molecule has 8 nitrogen and oxygen atoms in total. The number of aromatic nitrogens is 4. The van der Waals surface area contributed by atoms with Gasteiger partial charge in [0, 0.05) is 6.07 Å². The fourth-order valence-corrected chi connectivity index (χ4v) is 1.31. The molecule has 14 heavy (non-hydrogen) atoms. The number of hydrogen-bond acceptors (Lipinski definition) is 6. The van der Waals surface area contributed by atoms with E-state index < -0.39 is 0 Å². The van der Waals surface area contributed by atoms with Crippen LogP contribution in [0.3, 0.4) is 0 Å². The first kappa shape index (κ1) is 7.06. The van der Waals surface area contributed by atoms with Crippen molar-refractivity contribution in [1.29, 1.82) is 0 Å². The van der Waals surface area contributed by atoms with Gasteiger partial charge in [-0.25, -0.2) is 0 Å². The van der Waals surface area contributed by atoms with Gasteiger partial charge in [-0.2, -0.15) is 10.1 Å². The van der Waals surface area contributed by atoms with Crippen LogP contribution >= 0.6 is 0 Å². The lowest BCUT2D eigenvalue weighted by molar-refractivity contribution is -0.691. The molecule has 0 unspecified atom stereocenters. The van der Waals surface area contributed by atoms with E-state index in [9.17, 15) is 10.1 Å². The van der Waals surface area contributed by atoms with Crippen LogP contribution in [0.15, 0.2) is 21.4 Å². The summed E-state index contributed by atoms with van der Waals surface area (Å²) in [6, 6.07) is 3.02. The third-order valence-electron chi connectivity index (χ3n) is 1.90. The maximum atomic E-state index is 11.1. The molecule has 2 aromatic heterocycles. The Hall–Kier alpha value is -2.38. The van der Waals surface area contributed by atoms with E-state index in [1.807, 2.05) is 0 Å². The van der Waals surface area contributed by atoms with E-state index in [1.54, 1.807) is 0 Å².